The minimum atomic E-state index is -0.382. The summed E-state index contributed by atoms with van der Waals surface area (Å²) < 4.78 is 5.47. The zero-order valence-corrected chi connectivity index (χ0v) is 16.9. The van der Waals surface area contributed by atoms with Crippen molar-refractivity contribution in [3.63, 3.8) is 0 Å². The number of amides is 4. The number of hydrogen-bond acceptors (Lipinski definition) is 4. The van der Waals surface area contributed by atoms with Crippen LogP contribution in [-0.4, -0.2) is 37.5 Å². The van der Waals surface area contributed by atoms with E-state index in [0.29, 0.717) is 29.3 Å². The third kappa shape index (κ3) is 6.23. The maximum absolute atomic E-state index is 12.2. The van der Waals surface area contributed by atoms with Crippen molar-refractivity contribution < 1.29 is 19.1 Å². The molecule has 3 rings (SSSR count). The lowest BCUT2D eigenvalue weighted by molar-refractivity contribution is -0.117. The van der Waals surface area contributed by atoms with Crippen LogP contribution in [0.15, 0.2) is 48.5 Å². The van der Waals surface area contributed by atoms with Crippen LogP contribution in [0.5, 0.6) is 5.75 Å². The van der Waals surface area contributed by atoms with Crippen molar-refractivity contribution in [2.24, 2.45) is 5.92 Å². The Labute approximate surface area is 175 Å². The van der Waals surface area contributed by atoms with E-state index in [1.807, 2.05) is 13.0 Å². The van der Waals surface area contributed by atoms with Gasteiger partial charge in [-0.1, -0.05) is 12.1 Å². The summed E-state index contributed by atoms with van der Waals surface area (Å²) in [5.41, 5.74) is 1.73. The van der Waals surface area contributed by atoms with Crippen LogP contribution < -0.4 is 26.0 Å². The number of ether oxygens (including phenoxy) is 1. The van der Waals surface area contributed by atoms with Crippen LogP contribution in [0, 0.1) is 5.92 Å². The van der Waals surface area contributed by atoms with Gasteiger partial charge in [0.2, 0.25) is 5.91 Å². The van der Waals surface area contributed by atoms with Crippen molar-refractivity contribution in [3.05, 3.63) is 54.1 Å². The van der Waals surface area contributed by atoms with E-state index in [1.165, 1.54) is 0 Å². The summed E-state index contributed by atoms with van der Waals surface area (Å²) >= 11 is 0. The SMILES string of the molecule is CCOc1ccccc1NC(=O)NCCNC(=O)c1ccc(NC(=O)C2CC2)cc1. The number of benzene rings is 2. The molecule has 2 aromatic carbocycles. The van der Waals surface area contributed by atoms with E-state index in [0.717, 1.165) is 12.8 Å². The van der Waals surface area contributed by atoms with Gasteiger partial charge in [-0.3, -0.25) is 9.59 Å². The van der Waals surface area contributed by atoms with E-state index >= 15 is 0 Å². The molecule has 0 radical (unpaired) electrons. The molecule has 0 atom stereocenters. The average molecular weight is 410 g/mol. The molecule has 0 unspecified atom stereocenters. The smallest absolute Gasteiger partial charge is 0.319 e. The minimum Gasteiger partial charge on any atom is -0.492 e. The first-order valence-electron chi connectivity index (χ1n) is 10.0. The van der Waals surface area contributed by atoms with Gasteiger partial charge in [-0.05, 0) is 56.2 Å². The van der Waals surface area contributed by atoms with Gasteiger partial charge in [0, 0.05) is 30.3 Å². The highest BCUT2D eigenvalue weighted by molar-refractivity contribution is 5.97. The molecule has 8 heteroatoms. The maximum atomic E-state index is 12.2. The van der Waals surface area contributed by atoms with E-state index in [-0.39, 0.29) is 36.9 Å². The lowest BCUT2D eigenvalue weighted by Crippen LogP contribution is -2.36. The molecule has 8 nitrogen and oxygen atoms in total. The first kappa shape index (κ1) is 21.2. The minimum absolute atomic E-state index is 0.0282. The molecule has 0 aromatic heterocycles. The van der Waals surface area contributed by atoms with Crippen LogP contribution in [-0.2, 0) is 4.79 Å². The Hall–Kier alpha value is -3.55. The number of urea groups is 1. The van der Waals surface area contributed by atoms with Crippen molar-refractivity contribution in [2.45, 2.75) is 19.8 Å². The van der Waals surface area contributed by atoms with E-state index < -0.39 is 0 Å². The van der Waals surface area contributed by atoms with Crippen LogP contribution in [0.3, 0.4) is 0 Å². The average Bonchev–Trinajstić information content (AvgIpc) is 3.59. The van der Waals surface area contributed by atoms with Gasteiger partial charge in [-0.15, -0.1) is 0 Å². The van der Waals surface area contributed by atoms with Crippen molar-refractivity contribution in [1.82, 2.24) is 10.6 Å². The first-order chi connectivity index (χ1) is 14.6. The molecule has 0 bridgehead atoms. The van der Waals surface area contributed by atoms with Gasteiger partial charge in [0.15, 0.2) is 0 Å². The number of anilines is 2. The molecular formula is C22H26N4O4. The van der Waals surface area contributed by atoms with E-state index in [4.69, 9.17) is 4.74 Å². The summed E-state index contributed by atoms with van der Waals surface area (Å²) in [4.78, 5) is 36.0. The number of carbonyl (C=O) groups excluding carboxylic acids is 3. The highest BCUT2D eigenvalue weighted by Gasteiger charge is 2.29. The van der Waals surface area contributed by atoms with Crippen LogP contribution in [0.1, 0.15) is 30.1 Å². The summed E-state index contributed by atoms with van der Waals surface area (Å²) in [6.45, 7) is 2.92. The fourth-order valence-corrected chi connectivity index (χ4v) is 2.77. The molecule has 0 aliphatic heterocycles. The maximum Gasteiger partial charge on any atom is 0.319 e. The molecule has 0 spiro atoms. The zero-order valence-electron chi connectivity index (χ0n) is 16.9. The van der Waals surface area contributed by atoms with Gasteiger partial charge in [-0.2, -0.15) is 0 Å². The van der Waals surface area contributed by atoms with Crippen LogP contribution >= 0.6 is 0 Å². The van der Waals surface area contributed by atoms with Crippen molar-refractivity contribution >= 4 is 29.2 Å². The second-order valence-electron chi connectivity index (χ2n) is 6.91. The second-order valence-corrected chi connectivity index (χ2v) is 6.91. The van der Waals surface area contributed by atoms with Crippen LogP contribution in [0.25, 0.3) is 0 Å². The molecule has 1 fully saturated rings. The molecule has 0 heterocycles. The fourth-order valence-electron chi connectivity index (χ4n) is 2.77. The van der Waals surface area contributed by atoms with Crippen molar-refractivity contribution in [1.29, 1.82) is 0 Å². The monoisotopic (exact) mass is 410 g/mol. The molecule has 2 aromatic rings. The number of nitrogens with one attached hydrogen (secondary N) is 4. The third-order valence-electron chi connectivity index (χ3n) is 4.49. The molecule has 1 aliphatic carbocycles. The normalized spacial score (nSPS) is 12.6. The Kier molecular flexibility index (Phi) is 7.26. The molecule has 1 aliphatic rings. The van der Waals surface area contributed by atoms with Gasteiger partial charge >= 0.3 is 6.03 Å². The quantitative estimate of drug-likeness (QED) is 0.477. The molecule has 4 N–H and O–H groups in total. The Bertz CT molecular complexity index is 894. The second kappa shape index (κ2) is 10.3. The largest absolute Gasteiger partial charge is 0.492 e. The fraction of sp³-hybridized carbons (Fsp3) is 0.318. The topological polar surface area (TPSA) is 109 Å². The summed E-state index contributed by atoms with van der Waals surface area (Å²) in [5.74, 6) is 0.505. The van der Waals surface area contributed by atoms with Crippen LogP contribution in [0.4, 0.5) is 16.2 Å². The van der Waals surface area contributed by atoms with E-state index in [9.17, 15) is 14.4 Å². The lowest BCUT2D eigenvalue weighted by Gasteiger charge is -2.12. The van der Waals surface area contributed by atoms with Gasteiger partial charge in [0.05, 0.1) is 12.3 Å². The predicted octanol–water partition coefficient (Wildman–Crippen LogP) is 2.99. The molecule has 0 saturated heterocycles. The third-order valence-corrected chi connectivity index (χ3v) is 4.49. The molecule has 1 saturated carbocycles. The summed E-state index contributed by atoms with van der Waals surface area (Å²) in [6.07, 6.45) is 1.88. The van der Waals surface area contributed by atoms with E-state index in [1.54, 1.807) is 42.5 Å². The summed E-state index contributed by atoms with van der Waals surface area (Å²) in [5, 5.41) is 11.0. The Balaban J connectivity index is 1.38. The molecule has 30 heavy (non-hydrogen) atoms. The Morgan fingerprint density at radius 2 is 1.63 bits per heavy atom. The van der Waals surface area contributed by atoms with Gasteiger partial charge in [-0.25, -0.2) is 4.79 Å². The number of para-hydroxylation sites is 2. The summed E-state index contributed by atoms with van der Waals surface area (Å²) in [6, 6.07) is 13.5. The Morgan fingerprint density at radius 3 is 2.33 bits per heavy atom. The highest BCUT2D eigenvalue weighted by atomic mass is 16.5. The highest BCUT2D eigenvalue weighted by Crippen LogP contribution is 2.30. The zero-order chi connectivity index (χ0) is 21.3. The molecule has 4 amide bonds. The summed E-state index contributed by atoms with van der Waals surface area (Å²) in [7, 11) is 0. The Morgan fingerprint density at radius 1 is 0.933 bits per heavy atom. The number of carbonyl (C=O) groups is 3. The van der Waals surface area contributed by atoms with Gasteiger partial charge in [0.25, 0.3) is 5.91 Å². The first-order valence-corrected chi connectivity index (χ1v) is 10.0. The van der Waals surface area contributed by atoms with Crippen molar-refractivity contribution in [3.8, 4) is 5.75 Å². The number of rotatable bonds is 9. The van der Waals surface area contributed by atoms with Crippen LogP contribution in [0.2, 0.25) is 0 Å². The van der Waals surface area contributed by atoms with E-state index in [2.05, 4.69) is 21.3 Å². The van der Waals surface area contributed by atoms with Gasteiger partial charge in [0.1, 0.15) is 5.75 Å². The number of hydrogen-bond donors (Lipinski definition) is 4. The lowest BCUT2D eigenvalue weighted by atomic mass is 10.2. The van der Waals surface area contributed by atoms with Gasteiger partial charge < -0.3 is 26.0 Å². The van der Waals surface area contributed by atoms with Crippen molar-refractivity contribution in [2.75, 3.05) is 30.3 Å². The predicted molar refractivity (Wildman–Crippen MR) is 115 cm³/mol. The standard InChI is InChI=1S/C22H26N4O4/c1-2-30-19-6-4-3-5-18(19)26-22(29)24-14-13-23-20(27)15-9-11-17(12-10-15)25-21(28)16-7-8-16/h3-6,9-12,16H,2,7-8,13-14H2,1H3,(H,23,27)(H,25,28)(H2,24,26,29). The molecule has 158 valence electrons. The molecular weight excluding hydrogens is 384 g/mol.